The molecule has 2 fully saturated rings. The standard InChI is InChI=1S/C22H22N6O5/c29-22(30)25-13-9-14(10-13)32-20-2-1-19-24-12-16(28(19)26-20)18-11-15-17(33-18)3-4-23-21(15)27-5-7-31-8-6-27/h1-4,11-14,25H,5-10H2,(H,29,30)/t13-,14-. The molecule has 1 amide bonds. The first kappa shape index (κ1) is 19.8. The topological polar surface area (TPSA) is 127 Å². The van der Waals surface area contributed by atoms with E-state index in [1.165, 1.54) is 0 Å². The van der Waals surface area contributed by atoms with Crippen molar-refractivity contribution >= 4 is 28.5 Å². The van der Waals surface area contributed by atoms with Crippen molar-refractivity contribution in [1.29, 1.82) is 0 Å². The molecular formula is C22H22N6O5. The third-order valence-corrected chi connectivity index (χ3v) is 6.04. The Balaban J connectivity index is 1.28. The second-order valence-electron chi connectivity index (χ2n) is 8.20. The van der Waals surface area contributed by atoms with Crippen LogP contribution in [0.1, 0.15) is 12.8 Å². The SMILES string of the molecule is O=C(O)N[C@H]1C[C@H](Oc2ccc3ncc(-c4cc5c(N6CCOCC6)nccc5o4)n3n2)C1. The van der Waals surface area contributed by atoms with Gasteiger partial charge in [0.15, 0.2) is 11.4 Å². The van der Waals surface area contributed by atoms with Gasteiger partial charge in [0.2, 0.25) is 5.88 Å². The van der Waals surface area contributed by atoms with Gasteiger partial charge in [0.25, 0.3) is 0 Å². The van der Waals surface area contributed by atoms with Crippen molar-refractivity contribution in [2.45, 2.75) is 25.0 Å². The average molecular weight is 450 g/mol. The molecule has 5 heterocycles. The summed E-state index contributed by atoms with van der Waals surface area (Å²) in [4.78, 5) is 22.0. The molecular weight excluding hydrogens is 428 g/mol. The number of anilines is 1. The number of morpholine rings is 1. The Labute approximate surface area is 187 Å². The van der Waals surface area contributed by atoms with Gasteiger partial charge in [0.1, 0.15) is 23.2 Å². The number of aromatic nitrogens is 4. The van der Waals surface area contributed by atoms with Crippen LogP contribution in [0.4, 0.5) is 10.6 Å². The number of imidazole rings is 1. The summed E-state index contributed by atoms with van der Waals surface area (Å²) in [6.07, 6.45) is 3.62. The van der Waals surface area contributed by atoms with Crippen LogP contribution >= 0.6 is 0 Å². The number of rotatable bonds is 5. The molecule has 1 saturated heterocycles. The highest BCUT2D eigenvalue weighted by Gasteiger charge is 2.32. The summed E-state index contributed by atoms with van der Waals surface area (Å²) in [7, 11) is 0. The lowest BCUT2D eigenvalue weighted by atomic mass is 9.89. The maximum atomic E-state index is 10.7. The molecule has 1 aliphatic carbocycles. The molecule has 2 N–H and O–H groups in total. The van der Waals surface area contributed by atoms with Crippen LogP contribution in [0.2, 0.25) is 0 Å². The fraction of sp³-hybridized carbons (Fsp3) is 0.364. The van der Waals surface area contributed by atoms with Gasteiger partial charge in [0, 0.05) is 44.2 Å². The van der Waals surface area contributed by atoms with Gasteiger partial charge in [-0.05, 0) is 18.2 Å². The van der Waals surface area contributed by atoms with E-state index in [9.17, 15) is 4.79 Å². The number of fused-ring (bicyclic) bond motifs is 2. The third-order valence-electron chi connectivity index (χ3n) is 6.04. The summed E-state index contributed by atoms with van der Waals surface area (Å²) < 4.78 is 19.2. The van der Waals surface area contributed by atoms with Crippen LogP contribution in [0.5, 0.6) is 5.88 Å². The zero-order valence-electron chi connectivity index (χ0n) is 17.7. The van der Waals surface area contributed by atoms with E-state index in [4.69, 9.17) is 19.0 Å². The number of carbonyl (C=O) groups is 1. The Hall–Kier alpha value is -3.86. The summed E-state index contributed by atoms with van der Waals surface area (Å²) in [5.41, 5.74) is 2.12. The molecule has 6 rings (SSSR count). The van der Waals surface area contributed by atoms with E-state index in [0.29, 0.717) is 49.0 Å². The van der Waals surface area contributed by atoms with Crippen molar-refractivity contribution in [3.8, 4) is 17.3 Å². The highest BCUT2D eigenvalue weighted by molar-refractivity contribution is 5.92. The molecule has 33 heavy (non-hydrogen) atoms. The number of hydrogen-bond acceptors (Lipinski definition) is 8. The minimum atomic E-state index is -1.01. The van der Waals surface area contributed by atoms with Crippen molar-refractivity contribution in [1.82, 2.24) is 24.9 Å². The maximum Gasteiger partial charge on any atom is 0.404 e. The number of pyridine rings is 1. The predicted octanol–water partition coefficient (Wildman–Crippen LogP) is 2.55. The van der Waals surface area contributed by atoms with Gasteiger partial charge in [-0.25, -0.2) is 19.3 Å². The lowest BCUT2D eigenvalue weighted by molar-refractivity contribution is 0.0782. The molecule has 0 spiro atoms. The summed E-state index contributed by atoms with van der Waals surface area (Å²) in [6, 6.07) is 7.35. The first-order valence-electron chi connectivity index (χ1n) is 10.9. The van der Waals surface area contributed by atoms with Gasteiger partial charge in [-0.2, -0.15) is 0 Å². The molecule has 0 radical (unpaired) electrons. The van der Waals surface area contributed by atoms with Crippen LogP contribution < -0.4 is 15.0 Å². The molecule has 0 unspecified atom stereocenters. The molecule has 11 heteroatoms. The normalized spacial score (nSPS) is 20.7. The zero-order chi connectivity index (χ0) is 22.4. The second-order valence-corrected chi connectivity index (χ2v) is 8.20. The van der Waals surface area contributed by atoms with Crippen LogP contribution in [0.25, 0.3) is 28.1 Å². The van der Waals surface area contributed by atoms with E-state index in [-0.39, 0.29) is 12.1 Å². The first-order valence-corrected chi connectivity index (χ1v) is 10.9. The molecule has 0 atom stereocenters. The quantitative estimate of drug-likeness (QED) is 0.471. The summed E-state index contributed by atoms with van der Waals surface area (Å²) >= 11 is 0. The van der Waals surface area contributed by atoms with E-state index in [2.05, 4.69) is 25.3 Å². The van der Waals surface area contributed by atoms with Crippen LogP contribution in [-0.4, -0.2) is 69.2 Å². The fourth-order valence-corrected chi connectivity index (χ4v) is 4.31. The van der Waals surface area contributed by atoms with Crippen LogP contribution in [-0.2, 0) is 4.74 Å². The first-order chi connectivity index (χ1) is 16.1. The van der Waals surface area contributed by atoms with Crippen LogP contribution in [0.15, 0.2) is 41.1 Å². The summed E-state index contributed by atoms with van der Waals surface area (Å²) in [6.45, 7) is 2.93. The van der Waals surface area contributed by atoms with E-state index < -0.39 is 6.09 Å². The van der Waals surface area contributed by atoms with Gasteiger partial charge < -0.3 is 29.2 Å². The Morgan fingerprint density at radius 2 is 2.03 bits per heavy atom. The number of nitrogens with zero attached hydrogens (tertiary/aromatic N) is 5. The number of ether oxygens (including phenoxy) is 2. The van der Waals surface area contributed by atoms with Gasteiger partial charge in [-0.1, -0.05) is 0 Å². The van der Waals surface area contributed by atoms with Gasteiger partial charge in [-0.3, -0.25) is 0 Å². The predicted molar refractivity (Wildman–Crippen MR) is 118 cm³/mol. The molecule has 4 aromatic rings. The van der Waals surface area contributed by atoms with Crippen molar-refractivity contribution in [2.75, 3.05) is 31.2 Å². The fourth-order valence-electron chi connectivity index (χ4n) is 4.31. The Bertz CT molecular complexity index is 1320. The lowest BCUT2D eigenvalue weighted by Gasteiger charge is -2.34. The second kappa shape index (κ2) is 7.93. The highest BCUT2D eigenvalue weighted by Crippen LogP contribution is 2.33. The van der Waals surface area contributed by atoms with Crippen LogP contribution in [0.3, 0.4) is 0 Å². The number of furan rings is 1. The van der Waals surface area contributed by atoms with Crippen molar-refractivity contribution < 1.29 is 23.8 Å². The van der Waals surface area contributed by atoms with E-state index >= 15 is 0 Å². The number of carboxylic acid groups (broad SMARTS) is 1. The largest absolute Gasteiger partial charge is 0.473 e. The third kappa shape index (κ3) is 3.69. The lowest BCUT2D eigenvalue weighted by Crippen LogP contribution is -2.48. The van der Waals surface area contributed by atoms with Crippen molar-refractivity contribution in [3.05, 3.63) is 36.7 Å². The zero-order valence-corrected chi connectivity index (χ0v) is 17.7. The number of amides is 1. The summed E-state index contributed by atoms with van der Waals surface area (Å²) in [5.74, 6) is 1.97. The highest BCUT2D eigenvalue weighted by atomic mass is 16.5. The molecule has 11 nitrogen and oxygen atoms in total. The van der Waals surface area contributed by atoms with Crippen molar-refractivity contribution in [2.24, 2.45) is 0 Å². The van der Waals surface area contributed by atoms with Gasteiger partial charge in [0.05, 0.1) is 24.8 Å². The van der Waals surface area contributed by atoms with Crippen molar-refractivity contribution in [3.63, 3.8) is 0 Å². The number of hydrogen-bond donors (Lipinski definition) is 2. The average Bonchev–Trinajstić information content (AvgIpc) is 3.41. The molecule has 170 valence electrons. The Kier molecular flexibility index (Phi) is 4.75. The van der Waals surface area contributed by atoms with E-state index in [1.54, 1.807) is 23.0 Å². The summed E-state index contributed by atoms with van der Waals surface area (Å²) in [5, 5.41) is 16.8. The monoisotopic (exact) mass is 450 g/mol. The molecule has 1 saturated carbocycles. The molecule has 2 aliphatic rings. The smallest absolute Gasteiger partial charge is 0.404 e. The maximum absolute atomic E-state index is 10.7. The molecule has 0 aromatic carbocycles. The molecule has 0 bridgehead atoms. The van der Waals surface area contributed by atoms with Gasteiger partial charge in [-0.15, -0.1) is 5.10 Å². The molecule has 1 aliphatic heterocycles. The van der Waals surface area contributed by atoms with Crippen LogP contribution in [0, 0.1) is 0 Å². The Morgan fingerprint density at radius 1 is 1.18 bits per heavy atom. The van der Waals surface area contributed by atoms with E-state index in [0.717, 1.165) is 29.9 Å². The minimum Gasteiger partial charge on any atom is -0.473 e. The number of nitrogens with one attached hydrogen (secondary N) is 1. The van der Waals surface area contributed by atoms with E-state index in [1.807, 2.05) is 18.2 Å². The molecule has 4 aromatic heterocycles. The Morgan fingerprint density at radius 3 is 2.85 bits per heavy atom. The van der Waals surface area contributed by atoms with Gasteiger partial charge >= 0.3 is 6.09 Å². The minimum absolute atomic E-state index is 0.0767.